The summed E-state index contributed by atoms with van der Waals surface area (Å²) >= 11 is 5.97. The average Bonchev–Trinajstić information content (AvgIpc) is 2.67. The number of carbonyl (C=O) groups is 1. The molecular weight excluding hydrogens is 469 g/mol. The minimum atomic E-state index is -3.58. The highest BCUT2D eigenvalue weighted by atomic mass is 35.5. The van der Waals surface area contributed by atoms with Gasteiger partial charge in [0.25, 0.3) is 5.91 Å². The van der Waals surface area contributed by atoms with Crippen molar-refractivity contribution in [3.05, 3.63) is 52.9 Å². The van der Waals surface area contributed by atoms with Crippen LogP contribution in [-0.4, -0.2) is 59.3 Å². The van der Waals surface area contributed by atoms with Crippen LogP contribution in [0.15, 0.2) is 36.4 Å². The fraction of sp³-hybridized carbons (Fsp3) is 0.478. The minimum Gasteiger partial charge on any atom is -0.381 e. The molecule has 2 saturated heterocycles. The van der Waals surface area contributed by atoms with Gasteiger partial charge in [0.1, 0.15) is 16.6 Å². The lowest BCUT2D eigenvalue weighted by Gasteiger charge is -2.58. The van der Waals surface area contributed by atoms with E-state index in [2.05, 4.69) is 9.71 Å². The largest absolute Gasteiger partial charge is 0.381 e. The van der Waals surface area contributed by atoms with Crippen molar-refractivity contribution in [2.75, 3.05) is 6.26 Å². The molecule has 1 aliphatic carbocycles. The summed E-state index contributed by atoms with van der Waals surface area (Å²) in [7, 11) is -3.58. The summed E-state index contributed by atoms with van der Waals surface area (Å²) in [5.74, 6) is -0.953. The Morgan fingerprint density at radius 3 is 2.55 bits per heavy atom. The molecule has 1 aromatic heterocycles. The van der Waals surface area contributed by atoms with Gasteiger partial charge in [0.2, 0.25) is 10.0 Å². The molecule has 0 radical (unpaired) electrons. The smallest absolute Gasteiger partial charge is 0.254 e. The van der Waals surface area contributed by atoms with Crippen LogP contribution in [0.4, 0.5) is 4.39 Å². The molecule has 1 aromatic carbocycles. The number of nitrogens with one attached hydrogen (secondary N) is 1. The second kappa shape index (κ2) is 8.61. The zero-order chi connectivity index (χ0) is 24.1. The zero-order valence-electron chi connectivity index (χ0n) is 18.6. The Balaban J connectivity index is 1.74. The van der Waals surface area contributed by atoms with Gasteiger partial charge in [0.15, 0.2) is 0 Å². The van der Waals surface area contributed by atoms with Crippen molar-refractivity contribution in [1.82, 2.24) is 14.6 Å². The number of pyridine rings is 1. The lowest BCUT2D eigenvalue weighted by molar-refractivity contribution is -0.166. The fourth-order valence-electron chi connectivity index (χ4n) is 4.91. The molecular formula is C23H27ClFN3O4S. The predicted octanol–water partition coefficient (Wildman–Crippen LogP) is 2.76. The molecule has 2 aliphatic heterocycles. The van der Waals surface area contributed by atoms with Crippen LogP contribution in [0, 0.1) is 11.7 Å². The van der Waals surface area contributed by atoms with E-state index in [0.717, 1.165) is 6.26 Å². The molecule has 1 saturated carbocycles. The van der Waals surface area contributed by atoms with E-state index in [1.807, 2.05) is 0 Å². The minimum absolute atomic E-state index is 0.0430. The van der Waals surface area contributed by atoms with Gasteiger partial charge in [-0.3, -0.25) is 4.79 Å². The molecule has 3 heterocycles. The van der Waals surface area contributed by atoms with Gasteiger partial charge in [0, 0.05) is 17.6 Å². The van der Waals surface area contributed by atoms with Gasteiger partial charge < -0.3 is 10.0 Å². The molecule has 2 bridgehead atoms. The number of aromatic nitrogens is 1. The summed E-state index contributed by atoms with van der Waals surface area (Å²) in [5.41, 5.74) is -0.663. The lowest BCUT2D eigenvalue weighted by Crippen LogP contribution is -2.72. The van der Waals surface area contributed by atoms with Crippen LogP contribution >= 0.6 is 11.6 Å². The first-order valence-electron chi connectivity index (χ1n) is 10.8. The molecule has 33 heavy (non-hydrogen) atoms. The summed E-state index contributed by atoms with van der Waals surface area (Å²) in [6, 6.07) is 8.51. The van der Waals surface area contributed by atoms with Crippen LogP contribution in [0.2, 0.25) is 5.15 Å². The number of sulfonamides is 1. The summed E-state index contributed by atoms with van der Waals surface area (Å²) in [5, 5.41) is 10.7. The summed E-state index contributed by atoms with van der Waals surface area (Å²) in [6.45, 7) is 2.81. The van der Waals surface area contributed by atoms with Crippen molar-refractivity contribution >= 4 is 27.5 Å². The van der Waals surface area contributed by atoms with E-state index in [4.69, 9.17) is 11.6 Å². The molecule has 2 aromatic rings. The van der Waals surface area contributed by atoms with Crippen LogP contribution in [-0.2, 0) is 21.2 Å². The molecule has 5 rings (SSSR count). The number of piperidine rings is 2. The Morgan fingerprint density at radius 1 is 1.27 bits per heavy atom. The number of carbonyl (C=O) groups excluding carboxylic acids is 1. The third-order valence-electron chi connectivity index (χ3n) is 6.43. The zero-order valence-corrected chi connectivity index (χ0v) is 20.2. The van der Waals surface area contributed by atoms with Crippen LogP contribution < -0.4 is 4.72 Å². The van der Waals surface area contributed by atoms with Crippen molar-refractivity contribution in [1.29, 1.82) is 0 Å². The highest BCUT2D eigenvalue weighted by Crippen LogP contribution is 2.45. The van der Waals surface area contributed by atoms with Crippen LogP contribution in [0.5, 0.6) is 0 Å². The van der Waals surface area contributed by atoms with Crippen molar-refractivity contribution in [3.8, 4) is 11.3 Å². The van der Waals surface area contributed by atoms with E-state index in [1.165, 1.54) is 13.8 Å². The molecule has 0 spiro atoms. The number of benzene rings is 1. The van der Waals surface area contributed by atoms with E-state index >= 15 is 4.39 Å². The van der Waals surface area contributed by atoms with Gasteiger partial charge in [-0.05, 0) is 62.8 Å². The monoisotopic (exact) mass is 495 g/mol. The first-order valence-corrected chi connectivity index (χ1v) is 13.0. The number of aliphatic hydroxyl groups is 1. The third-order valence-corrected chi connectivity index (χ3v) is 7.34. The van der Waals surface area contributed by atoms with Gasteiger partial charge in [-0.25, -0.2) is 22.5 Å². The van der Waals surface area contributed by atoms with Gasteiger partial charge >= 0.3 is 0 Å². The van der Waals surface area contributed by atoms with Gasteiger partial charge in [-0.2, -0.15) is 0 Å². The van der Waals surface area contributed by atoms with Crippen LogP contribution in [0.25, 0.3) is 11.3 Å². The van der Waals surface area contributed by atoms with Crippen LogP contribution in [0.3, 0.4) is 0 Å². The van der Waals surface area contributed by atoms with Crippen LogP contribution in [0.1, 0.15) is 32.3 Å². The quantitative estimate of drug-likeness (QED) is 0.600. The first kappa shape index (κ1) is 24.1. The van der Waals surface area contributed by atoms with E-state index in [9.17, 15) is 18.3 Å². The Labute approximate surface area is 198 Å². The predicted molar refractivity (Wildman–Crippen MR) is 124 cm³/mol. The van der Waals surface area contributed by atoms with Gasteiger partial charge in [-0.1, -0.05) is 29.8 Å². The number of hydrogen-bond acceptors (Lipinski definition) is 5. The normalized spacial score (nSPS) is 25.0. The summed E-state index contributed by atoms with van der Waals surface area (Å²) in [6.07, 6.45) is 2.44. The molecule has 3 aliphatic rings. The Bertz CT molecular complexity index is 1180. The topological polar surface area (TPSA) is 99.6 Å². The van der Waals surface area contributed by atoms with Crippen molar-refractivity contribution in [2.24, 2.45) is 5.92 Å². The number of halogens is 2. The number of hydrogen-bond donors (Lipinski definition) is 2. The molecule has 10 heteroatoms. The second-order valence-corrected chi connectivity index (χ2v) is 11.6. The maximum Gasteiger partial charge on any atom is 0.254 e. The van der Waals surface area contributed by atoms with E-state index in [0.29, 0.717) is 24.1 Å². The van der Waals surface area contributed by atoms with Crippen molar-refractivity contribution < 1.29 is 22.7 Å². The summed E-state index contributed by atoms with van der Waals surface area (Å²) < 4.78 is 42.5. The Hall–Kier alpha value is -2.07. The molecule has 1 amide bonds. The number of nitrogens with zero attached hydrogens (tertiary/aromatic N) is 2. The highest BCUT2D eigenvalue weighted by Gasteiger charge is 2.54. The third kappa shape index (κ3) is 4.91. The SMILES string of the molecule is CC(C)(O)C(=O)N1C2CC(C2)[C@H](NS(C)(=O)=O)[C@@H]1Cc1cccc(-c2cccc(Cl)n2)c1F. The van der Waals surface area contributed by atoms with Gasteiger partial charge in [0.05, 0.1) is 18.0 Å². The van der Waals surface area contributed by atoms with E-state index in [1.54, 1.807) is 41.3 Å². The molecule has 2 N–H and O–H groups in total. The molecule has 0 unspecified atom stereocenters. The average molecular weight is 496 g/mol. The highest BCUT2D eigenvalue weighted by molar-refractivity contribution is 7.88. The fourth-order valence-corrected chi connectivity index (χ4v) is 5.91. The summed E-state index contributed by atoms with van der Waals surface area (Å²) in [4.78, 5) is 18.9. The van der Waals surface area contributed by atoms with Crippen molar-refractivity contribution in [3.63, 3.8) is 0 Å². The maximum absolute atomic E-state index is 15.6. The Kier molecular flexibility index (Phi) is 6.28. The number of fused-ring (bicyclic) bond motifs is 2. The molecule has 178 valence electrons. The lowest BCUT2D eigenvalue weighted by atomic mass is 9.66. The maximum atomic E-state index is 15.6. The molecule has 2 atom stereocenters. The first-order chi connectivity index (χ1) is 15.3. The number of amides is 1. The Morgan fingerprint density at radius 2 is 1.94 bits per heavy atom. The van der Waals surface area contributed by atoms with E-state index < -0.39 is 39.4 Å². The second-order valence-electron chi connectivity index (χ2n) is 9.47. The van der Waals surface area contributed by atoms with E-state index in [-0.39, 0.29) is 29.1 Å². The number of rotatable bonds is 6. The van der Waals surface area contributed by atoms with Gasteiger partial charge in [-0.15, -0.1) is 0 Å². The standard InChI is InChI=1S/C23H27ClFN3O4S/c1-23(2,30)22(29)28-15-10-14(11-15)21(27-33(3,31)32)18(28)12-13-6-4-7-16(20(13)25)17-8-5-9-19(24)26-17/h4-9,14-15,18,21,27,30H,10-12H2,1-3H3/t14?,15?,18-,21-/m0/s1. The van der Waals surface area contributed by atoms with Crippen molar-refractivity contribution in [2.45, 2.75) is 56.8 Å². The molecule has 3 fully saturated rings. The molecule has 7 nitrogen and oxygen atoms in total.